The molecular weight excluding hydrogens is 429 g/mol. The van der Waals surface area contributed by atoms with E-state index in [2.05, 4.69) is 16.7 Å². The largest absolute Gasteiger partial charge is 0.490 e. The fraction of sp³-hybridized carbons (Fsp3) is 0.909. The molecule has 7 nitrogen and oxygen atoms in total. The van der Waals surface area contributed by atoms with E-state index >= 15 is 0 Å². The zero-order valence-corrected chi connectivity index (χ0v) is 18.7. The minimum Gasteiger partial charge on any atom is -0.475 e. The van der Waals surface area contributed by atoms with Crippen LogP contribution in [-0.2, 0) is 19.1 Å². The van der Waals surface area contributed by atoms with Crippen molar-refractivity contribution in [2.45, 2.75) is 63.8 Å². The van der Waals surface area contributed by atoms with E-state index in [1.165, 1.54) is 32.4 Å². The number of halogens is 3. The summed E-state index contributed by atoms with van der Waals surface area (Å²) in [5.74, 6) is -0.372. The van der Waals surface area contributed by atoms with E-state index in [0.717, 1.165) is 63.9 Å². The van der Waals surface area contributed by atoms with Gasteiger partial charge in [-0.2, -0.15) is 13.2 Å². The number of hydrogen-bond donors (Lipinski definition) is 1. The average Bonchev–Trinajstić information content (AvgIpc) is 3.18. The van der Waals surface area contributed by atoms with Crippen LogP contribution in [0.1, 0.15) is 45.4 Å². The Hall–Kier alpha value is -1.39. The van der Waals surface area contributed by atoms with Gasteiger partial charge in [-0.25, -0.2) is 4.79 Å². The van der Waals surface area contributed by atoms with Crippen LogP contribution in [0.15, 0.2) is 0 Å². The Balaban J connectivity index is 0.000000360. The molecular formula is C22H35F3N2O5. The minimum atomic E-state index is -5.08. The molecule has 4 rings (SSSR count). The lowest BCUT2D eigenvalue weighted by atomic mass is 9.90. The zero-order valence-electron chi connectivity index (χ0n) is 18.7. The van der Waals surface area contributed by atoms with E-state index in [9.17, 15) is 18.0 Å². The molecule has 0 unspecified atom stereocenters. The van der Waals surface area contributed by atoms with Gasteiger partial charge in [0.15, 0.2) is 0 Å². The second-order valence-corrected chi connectivity index (χ2v) is 9.57. The van der Waals surface area contributed by atoms with Crippen LogP contribution in [0.4, 0.5) is 13.2 Å². The van der Waals surface area contributed by atoms with E-state index in [1.807, 2.05) is 0 Å². The van der Waals surface area contributed by atoms with Crippen molar-refractivity contribution in [1.29, 1.82) is 0 Å². The first-order valence-corrected chi connectivity index (χ1v) is 11.7. The normalized spacial score (nSPS) is 30.4. The third-order valence-electron chi connectivity index (χ3n) is 7.11. The highest BCUT2D eigenvalue weighted by atomic mass is 19.4. The van der Waals surface area contributed by atoms with Gasteiger partial charge in [-0.05, 0) is 62.8 Å². The maximum atomic E-state index is 12.8. The number of alkyl halides is 3. The Morgan fingerprint density at radius 1 is 1.03 bits per heavy atom. The number of likely N-dealkylation sites (tertiary alicyclic amines) is 2. The molecule has 0 aromatic heterocycles. The fourth-order valence-electron chi connectivity index (χ4n) is 5.05. The molecule has 0 aliphatic carbocycles. The number of nitrogens with zero attached hydrogens (tertiary/aromatic N) is 2. The third-order valence-corrected chi connectivity index (χ3v) is 7.11. The summed E-state index contributed by atoms with van der Waals surface area (Å²) in [6.07, 6.45) is 1.82. The second kappa shape index (κ2) is 11.2. The first-order valence-electron chi connectivity index (χ1n) is 11.7. The van der Waals surface area contributed by atoms with Gasteiger partial charge < -0.3 is 24.4 Å². The molecule has 10 heteroatoms. The van der Waals surface area contributed by atoms with Crippen molar-refractivity contribution in [3.05, 3.63) is 0 Å². The number of piperidine rings is 2. The van der Waals surface area contributed by atoms with Crippen LogP contribution in [0, 0.1) is 17.8 Å². The summed E-state index contributed by atoms with van der Waals surface area (Å²) in [5.41, 5.74) is 0. The number of carboxylic acid groups (broad SMARTS) is 1. The number of carbonyl (C=O) groups excluding carboxylic acids is 1. The van der Waals surface area contributed by atoms with E-state index in [4.69, 9.17) is 19.4 Å². The average molecular weight is 465 g/mol. The Kier molecular flexibility index (Phi) is 8.80. The lowest BCUT2D eigenvalue weighted by Gasteiger charge is -2.37. The monoisotopic (exact) mass is 464 g/mol. The van der Waals surface area contributed by atoms with Gasteiger partial charge in [-0.3, -0.25) is 4.79 Å². The van der Waals surface area contributed by atoms with Crippen molar-refractivity contribution in [2.75, 3.05) is 45.9 Å². The van der Waals surface area contributed by atoms with E-state index in [-0.39, 0.29) is 18.1 Å². The summed E-state index contributed by atoms with van der Waals surface area (Å²) in [6, 6.07) is 0. The Labute approximate surface area is 187 Å². The molecule has 0 bridgehead atoms. The van der Waals surface area contributed by atoms with Crippen LogP contribution < -0.4 is 0 Å². The van der Waals surface area contributed by atoms with Gasteiger partial charge in [0.25, 0.3) is 5.91 Å². The summed E-state index contributed by atoms with van der Waals surface area (Å²) in [4.78, 5) is 26.4. The van der Waals surface area contributed by atoms with E-state index < -0.39 is 12.1 Å². The van der Waals surface area contributed by atoms with Gasteiger partial charge in [-0.15, -0.1) is 0 Å². The summed E-state index contributed by atoms with van der Waals surface area (Å²) in [7, 11) is 0. The van der Waals surface area contributed by atoms with Gasteiger partial charge in [-0.1, -0.05) is 6.92 Å². The molecule has 0 aromatic carbocycles. The standard InChI is InChI=1S/C20H34N2O3.C2HF3O2/c1-15-2-8-22(9-3-15)20(23)18-12-17-4-7-21(14-19(17)25-18)13-16-5-10-24-11-6-16;3-2(4,5)1(6)7/h15-19H,2-14H2,1H3;(H,6,7)/t17-,18+,19-;/m0./s1. The second-order valence-electron chi connectivity index (χ2n) is 9.57. The van der Waals surface area contributed by atoms with Gasteiger partial charge in [0, 0.05) is 39.4 Å². The number of carbonyl (C=O) groups is 2. The highest BCUT2D eigenvalue weighted by Gasteiger charge is 2.43. The molecule has 1 amide bonds. The van der Waals surface area contributed by atoms with Crippen molar-refractivity contribution >= 4 is 11.9 Å². The maximum absolute atomic E-state index is 12.8. The number of ether oxygens (including phenoxy) is 2. The van der Waals surface area contributed by atoms with E-state index in [1.54, 1.807) is 0 Å². The molecule has 3 atom stereocenters. The highest BCUT2D eigenvalue weighted by Crippen LogP contribution is 2.35. The van der Waals surface area contributed by atoms with Gasteiger partial charge >= 0.3 is 12.1 Å². The number of rotatable bonds is 3. The molecule has 184 valence electrons. The lowest BCUT2D eigenvalue weighted by molar-refractivity contribution is -0.192. The Morgan fingerprint density at radius 2 is 1.66 bits per heavy atom. The molecule has 0 spiro atoms. The molecule has 4 saturated heterocycles. The summed E-state index contributed by atoms with van der Waals surface area (Å²) in [5, 5.41) is 7.12. The third kappa shape index (κ3) is 7.05. The molecule has 4 fully saturated rings. The van der Waals surface area contributed by atoms with Gasteiger partial charge in [0.05, 0.1) is 6.10 Å². The predicted octanol–water partition coefficient (Wildman–Crippen LogP) is 2.78. The smallest absolute Gasteiger partial charge is 0.475 e. The van der Waals surface area contributed by atoms with Crippen molar-refractivity contribution in [1.82, 2.24) is 9.80 Å². The SMILES string of the molecule is CC1CCN(C(=O)[C@H]2C[C@@H]3CCN(CC4CCOCC4)C[C@@H]3O2)CC1.O=C(O)C(F)(F)F. The van der Waals surface area contributed by atoms with Crippen LogP contribution in [0.3, 0.4) is 0 Å². The summed E-state index contributed by atoms with van der Waals surface area (Å²) in [6.45, 7) is 9.34. The molecule has 4 heterocycles. The first-order chi connectivity index (χ1) is 15.1. The first kappa shape index (κ1) is 25.2. The maximum Gasteiger partial charge on any atom is 0.490 e. The van der Waals surface area contributed by atoms with Crippen molar-refractivity contribution in [2.24, 2.45) is 17.8 Å². The Morgan fingerprint density at radius 3 is 2.25 bits per heavy atom. The summed E-state index contributed by atoms with van der Waals surface area (Å²) >= 11 is 0. The molecule has 0 aromatic rings. The van der Waals surface area contributed by atoms with Crippen LogP contribution in [-0.4, -0.2) is 91.1 Å². The molecule has 4 aliphatic rings. The molecule has 4 aliphatic heterocycles. The molecule has 1 N–H and O–H groups in total. The fourth-order valence-corrected chi connectivity index (χ4v) is 5.05. The lowest BCUT2D eigenvalue weighted by Crippen LogP contribution is -2.45. The van der Waals surface area contributed by atoms with Gasteiger partial charge in [0.2, 0.25) is 0 Å². The summed E-state index contributed by atoms with van der Waals surface area (Å²) < 4.78 is 43.5. The topological polar surface area (TPSA) is 79.3 Å². The van der Waals surface area contributed by atoms with Crippen molar-refractivity contribution in [3.63, 3.8) is 0 Å². The van der Waals surface area contributed by atoms with Crippen LogP contribution in [0.2, 0.25) is 0 Å². The zero-order chi connectivity index (χ0) is 23.3. The number of carboxylic acids is 1. The number of fused-ring (bicyclic) bond motifs is 1. The highest BCUT2D eigenvalue weighted by molar-refractivity contribution is 5.81. The van der Waals surface area contributed by atoms with Crippen molar-refractivity contribution < 1.29 is 37.3 Å². The van der Waals surface area contributed by atoms with Crippen molar-refractivity contribution in [3.8, 4) is 0 Å². The predicted molar refractivity (Wildman–Crippen MR) is 110 cm³/mol. The van der Waals surface area contributed by atoms with Crippen LogP contribution in [0.5, 0.6) is 0 Å². The molecule has 0 radical (unpaired) electrons. The van der Waals surface area contributed by atoms with Crippen LogP contribution in [0.25, 0.3) is 0 Å². The molecule has 0 saturated carbocycles. The number of hydrogen-bond acceptors (Lipinski definition) is 5. The number of aliphatic carboxylic acids is 1. The van der Waals surface area contributed by atoms with Gasteiger partial charge in [0.1, 0.15) is 6.10 Å². The quantitative estimate of drug-likeness (QED) is 0.692. The van der Waals surface area contributed by atoms with Crippen LogP contribution >= 0.6 is 0 Å². The minimum absolute atomic E-state index is 0.175. The number of amides is 1. The van der Waals surface area contributed by atoms with E-state index in [0.29, 0.717) is 5.92 Å². The molecule has 32 heavy (non-hydrogen) atoms. The Bertz CT molecular complexity index is 634.